The number of hydrogen-bond acceptors (Lipinski definition) is 2. The number of aromatic nitrogens is 1. The minimum atomic E-state index is -0.575. The van der Waals surface area contributed by atoms with E-state index in [4.69, 9.17) is 0 Å². The Balaban J connectivity index is 2.14. The number of nitrogens with one attached hydrogen (secondary N) is 1. The maximum absolute atomic E-state index is 13.5. The molecular weight excluding hydrogens is 286 g/mol. The summed E-state index contributed by atoms with van der Waals surface area (Å²) in [6, 6.07) is 8.91. The van der Waals surface area contributed by atoms with Crippen molar-refractivity contribution in [1.82, 2.24) is 9.88 Å². The van der Waals surface area contributed by atoms with Gasteiger partial charge < -0.3 is 15.0 Å². The van der Waals surface area contributed by atoms with Crippen LogP contribution in [0.25, 0.3) is 21.8 Å². The van der Waals surface area contributed by atoms with E-state index in [9.17, 15) is 13.9 Å². The van der Waals surface area contributed by atoms with E-state index < -0.39 is 6.10 Å². The Bertz CT molecular complexity index is 754. The molecule has 5 heteroatoms. The predicted octanol–water partition coefficient (Wildman–Crippen LogP) is 3.04. The van der Waals surface area contributed by atoms with Gasteiger partial charge in [0.2, 0.25) is 0 Å². The van der Waals surface area contributed by atoms with E-state index in [1.807, 2.05) is 11.5 Å². The summed E-state index contributed by atoms with van der Waals surface area (Å²) < 4.78 is 29.0. The molecule has 2 N–H and O–H groups in total. The number of likely N-dealkylation sites (N-methyl/N-ethyl adjacent to an activating group) is 1. The molecule has 0 radical (unpaired) electrons. The van der Waals surface area contributed by atoms with Gasteiger partial charge in [-0.1, -0.05) is 6.92 Å². The molecule has 1 atom stereocenters. The summed E-state index contributed by atoms with van der Waals surface area (Å²) in [5, 5.41) is 14.6. The molecule has 1 aromatic heterocycles. The summed E-state index contributed by atoms with van der Waals surface area (Å²) in [4.78, 5) is 0. The zero-order valence-electron chi connectivity index (χ0n) is 12.3. The molecule has 3 nitrogen and oxygen atoms in total. The van der Waals surface area contributed by atoms with Crippen LogP contribution in [0.2, 0.25) is 0 Å². The molecule has 22 heavy (non-hydrogen) atoms. The van der Waals surface area contributed by atoms with E-state index in [1.165, 1.54) is 24.3 Å². The first-order valence-corrected chi connectivity index (χ1v) is 7.36. The zero-order chi connectivity index (χ0) is 15.7. The molecule has 0 aliphatic rings. The summed E-state index contributed by atoms with van der Waals surface area (Å²) in [5.74, 6) is -0.715. The quantitative estimate of drug-likeness (QED) is 0.760. The Morgan fingerprint density at radius 3 is 2.09 bits per heavy atom. The summed E-state index contributed by atoms with van der Waals surface area (Å²) in [6.07, 6.45) is -0.575. The van der Waals surface area contributed by atoms with Crippen molar-refractivity contribution in [1.29, 1.82) is 0 Å². The lowest BCUT2D eigenvalue weighted by Gasteiger charge is -2.14. The van der Waals surface area contributed by atoms with Crippen molar-refractivity contribution in [2.75, 3.05) is 13.1 Å². The van der Waals surface area contributed by atoms with Gasteiger partial charge in [-0.05, 0) is 42.9 Å². The second-order valence-electron chi connectivity index (χ2n) is 5.40. The van der Waals surface area contributed by atoms with Crippen molar-refractivity contribution in [3.63, 3.8) is 0 Å². The average Bonchev–Trinajstić information content (AvgIpc) is 2.78. The number of rotatable bonds is 5. The van der Waals surface area contributed by atoms with Crippen LogP contribution in [-0.2, 0) is 6.54 Å². The van der Waals surface area contributed by atoms with Crippen LogP contribution in [0, 0.1) is 11.6 Å². The van der Waals surface area contributed by atoms with Gasteiger partial charge in [-0.3, -0.25) is 0 Å². The molecule has 1 heterocycles. The molecule has 0 saturated heterocycles. The van der Waals surface area contributed by atoms with Crippen LogP contribution in [0.4, 0.5) is 8.78 Å². The molecule has 3 aromatic rings. The average molecular weight is 304 g/mol. The fraction of sp³-hybridized carbons (Fsp3) is 0.294. The highest BCUT2D eigenvalue weighted by Crippen LogP contribution is 2.30. The van der Waals surface area contributed by atoms with Gasteiger partial charge in [0.25, 0.3) is 0 Å². The SMILES string of the molecule is CCNCC(O)Cn1c2ccc(F)cc2c2cc(F)ccc21. The van der Waals surface area contributed by atoms with E-state index >= 15 is 0 Å². The fourth-order valence-corrected chi connectivity index (χ4v) is 2.83. The van der Waals surface area contributed by atoms with Gasteiger partial charge >= 0.3 is 0 Å². The van der Waals surface area contributed by atoms with Gasteiger partial charge in [-0.25, -0.2) is 8.78 Å². The topological polar surface area (TPSA) is 37.2 Å². The molecule has 0 bridgehead atoms. The van der Waals surface area contributed by atoms with Crippen LogP contribution in [0.15, 0.2) is 36.4 Å². The van der Waals surface area contributed by atoms with E-state index in [2.05, 4.69) is 5.32 Å². The number of hydrogen-bond donors (Lipinski definition) is 2. The number of nitrogens with zero attached hydrogens (tertiary/aromatic N) is 1. The van der Waals surface area contributed by atoms with Crippen LogP contribution in [0.1, 0.15) is 6.92 Å². The van der Waals surface area contributed by atoms with Gasteiger partial charge in [0, 0.05) is 28.4 Å². The molecule has 0 aliphatic carbocycles. The first-order valence-electron chi connectivity index (χ1n) is 7.36. The number of aliphatic hydroxyl groups excluding tert-OH is 1. The first kappa shape index (κ1) is 14.9. The van der Waals surface area contributed by atoms with Gasteiger partial charge in [0.05, 0.1) is 12.6 Å². The van der Waals surface area contributed by atoms with Crippen LogP contribution in [-0.4, -0.2) is 28.9 Å². The molecule has 3 rings (SSSR count). The van der Waals surface area contributed by atoms with Crippen LogP contribution >= 0.6 is 0 Å². The third kappa shape index (κ3) is 2.69. The highest BCUT2D eigenvalue weighted by atomic mass is 19.1. The Hall–Kier alpha value is -1.98. The summed E-state index contributed by atoms with van der Waals surface area (Å²) >= 11 is 0. The van der Waals surface area contributed by atoms with Crippen LogP contribution in [0.3, 0.4) is 0 Å². The summed E-state index contributed by atoms with van der Waals surface area (Å²) in [5.41, 5.74) is 1.58. The number of halogens is 2. The molecule has 0 fully saturated rings. The molecule has 0 aliphatic heterocycles. The normalized spacial score (nSPS) is 13.1. The van der Waals surface area contributed by atoms with Gasteiger partial charge in [0.15, 0.2) is 0 Å². The Kier molecular flexibility index (Phi) is 4.09. The van der Waals surface area contributed by atoms with E-state index in [0.29, 0.717) is 23.9 Å². The molecule has 0 spiro atoms. The van der Waals surface area contributed by atoms with Crippen molar-refractivity contribution in [3.05, 3.63) is 48.0 Å². The first-order chi connectivity index (χ1) is 10.6. The second kappa shape index (κ2) is 6.02. The maximum Gasteiger partial charge on any atom is 0.123 e. The third-order valence-corrected chi connectivity index (χ3v) is 3.81. The number of aliphatic hydroxyl groups is 1. The van der Waals surface area contributed by atoms with Gasteiger partial charge in [-0.2, -0.15) is 0 Å². The Labute approximate surface area is 127 Å². The lowest BCUT2D eigenvalue weighted by Crippen LogP contribution is -2.30. The lowest BCUT2D eigenvalue weighted by atomic mass is 10.1. The monoisotopic (exact) mass is 304 g/mol. The van der Waals surface area contributed by atoms with Crippen molar-refractivity contribution >= 4 is 21.8 Å². The largest absolute Gasteiger partial charge is 0.390 e. The molecule has 0 saturated carbocycles. The van der Waals surface area contributed by atoms with Gasteiger partial charge in [0.1, 0.15) is 11.6 Å². The lowest BCUT2D eigenvalue weighted by molar-refractivity contribution is 0.155. The highest BCUT2D eigenvalue weighted by molar-refractivity contribution is 6.08. The van der Waals surface area contributed by atoms with Gasteiger partial charge in [-0.15, -0.1) is 0 Å². The molecule has 1 unspecified atom stereocenters. The molecule has 0 amide bonds. The highest BCUT2D eigenvalue weighted by Gasteiger charge is 2.14. The minimum absolute atomic E-state index is 0.357. The fourth-order valence-electron chi connectivity index (χ4n) is 2.83. The Morgan fingerprint density at radius 2 is 1.59 bits per heavy atom. The van der Waals surface area contributed by atoms with E-state index in [-0.39, 0.29) is 11.6 Å². The Morgan fingerprint density at radius 1 is 1.05 bits per heavy atom. The van der Waals surface area contributed by atoms with Crippen molar-refractivity contribution < 1.29 is 13.9 Å². The van der Waals surface area contributed by atoms with Crippen LogP contribution in [0.5, 0.6) is 0 Å². The molecule has 2 aromatic carbocycles. The predicted molar refractivity (Wildman–Crippen MR) is 83.9 cm³/mol. The molecular formula is C17H18F2N2O. The minimum Gasteiger partial charge on any atom is -0.390 e. The smallest absolute Gasteiger partial charge is 0.123 e. The maximum atomic E-state index is 13.5. The second-order valence-corrected chi connectivity index (χ2v) is 5.40. The third-order valence-electron chi connectivity index (χ3n) is 3.81. The number of benzene rings is 2. The van der Waals surface area contributed by atoms with Crippen molar-refractivity contribution in [2.24, 2.45) is 0 Å². The van der Waals surface area contributed by atoms with Crippen molar-refractivity contribution in [2.45, 2.75) is 19.6 Å². The van der Waals surface area contributed by atoms with Crippen molar-refractivity contribution in [3.8, 4) is 0 Å². The standard InChI is InChI=1S/C17H18F2N2O/c1-2-20-9-13(22)10-21-16-5-3-11(18)7-14(16)15-8-12(19)4-6-17(15)21/h3-8,13,20,22H,2,9-10H2,1H3. The van der Waals surface area contributed by atoms with Crippen LogP contribution < -0.4 is 5.32 Å². The zero-order valence-corrected chi connectivity index (χ0v) is 12.3. The molecule has 116 valence electrons. The summed E-state index contributed by atoms with van der Waals surface area (Å²) in [6.45, 7) is 3.59. The van der Waals surface area contributed by atoms with E-state index in [0.717, 1.165) is 17.6 Å². The number of fused-ring (bicyclic) bond motifs is 3. The summed E-state index contributed by atoms with van der Waals surface area (Å²) in [7, 11) is 0. The van der Waals surface area contributed by atoms with E-state index in [1.54, 1.807) is 12.1 Å².